The van der Waals surface area contributed by atoms with Gasteiger partial charge in [0.05, 0.1) is 5.56 Å². The zero-order valence-corrected chi connectivity index (χ0v) is 19.7. The Morgan fingerprint density at radius 2 is 1.54 bits per heavy atom. The molecule has 2 amide bonds. The van der Waals surface area contributed by atoms with Crippen LogP contribution < -0.4 is 21.3 Å². The Hall–Kier alpha value is -4.18. The van der Waals surface area contributed by atoms with Crippen LogP contribution in [0.5, 0.6) is 5.75 Å². The molecule has 5 N–H and O–H groups in total. The lowest BCUT2D eigenvalue weighted by molar-refractivity contribution is -0.118. The zero-order chi connectivity index (χ0) is 25.2. The van der Waals surface area contributed by atoms with Gasteiger partial charge in [-0.15, -0.1) is 0 Å². The third-order valence-electron chi connectivity index (χ3n) is 4.75. The van der Waals surface area contributed by atoms with Gasteiger partial charge in [-0.1, -0.05) is 11.6 Å². The molecule has 0 spiro atoms. The summed E-state index contributed by atoms with van der Waals surface area (Å²) in [5.74, 6) is 0.710. The molecule has 1 heterocycles. The SMILES string of the molecule is CC(=O)NCCNc1cc(NCCNC(=O)c2cc(C=O)ccc2O)nc(-c2ccc(Cl)cc2)n1. The fraction of sp³-hybridized carbons (Fsp3) is 0.208. The van der Waals surface area contributed by atoms with E-state index in [1.807, 2.05) is 12.1 Å². The molecule has 0 radical (unpaired) electrons. The van der Waals surface area contributed by atoms with E-state index in [-0.39, 0.29) is 23.8 Å². The van der Waals surface area contributed by atoms with Crippen LogP contribution in [0.1, 0.15) is 27.6 Å². The van der Waals surface area contributed by atoms with Gasteiger partial charge in [0.25, 0.3) is 5.91 Å². The number of anilines is 2. The highest BCUT2D eigenvalue weighted by Gasteiger charge is 2.12. The van der Waals surface area contributed by atoms with Gasteiger partial charge in [0.15, 0.2) is 5.82 Å². The van der Waals surface area contributed by atoms with Crippen LogP contribution in [0, 0.1) is 0 Å². The van der Waals surface area contributed by atoms with Crippen molar-refractivity contribution in [2.75, 3.05) is 36.8 Å². The van der Waals surface area contributed by atoms with Crippen LogP contribution in [-0.4, -0.2) is 59.4 Å². The number of rotatable bonds is 11. The van der Waals surface area contributed by atoms with E-state index in [4.69, 9.17) is 11.6 Å². The fourth-order valence-corrected chi connectivity index (χ4v) is 3.18. The summed E-state index contributed by atoms with van der Waals surface area (Å²) in [6, 6.07) is 12.9. The predicted octanol–water partition coefficient (Wildman–Crippen LogP) is 2.71. The molecular formula is C24H25ClN6O4. The predicted molar refractivity (Wildman–Crippen MR) is 134 cm³/mol. The Morgan fingerprint density at radius 1 is 0.914 bits per heavy atom. The van der Waals surface area contributed by atoms with Crippen LogP contribution in [0.25, 0.3) is 11.4 Å². The van der Waals surface area contributed by atoms with E-state index in [0.29, 0.717) is 54.0 Å². The first-order valence-electron chi connectivity index (χ1n) is 10.8. The van der Waals surface area contributed by atoms with Gasteiger partial charge in [0.2, 0.25) is 5.91 Å². The average molecular weight is 497 g/mol. The fourth-order valence-electron chi connectivity index (χ4n) is 3.06. The number of halogens is 1. The third-order valence-corrected chi connectivity index (χ3v) is 5.00. The first-order chi connectivity index (χ1) is 16.9. The minimum atomic E-state index is -0.502. The summed E-state index contributed by atoms with van der Waals surface area (Å²) in [7, 11) is 0. The highest BCUT2D eigenvalue weighted by Crippen LogP contribution is 2.22. The summed E-state index contributed by atoms with van der Waals surface area (Å²) < 4.78 is 0. The molecule has 2 aromatic carbocycles. The monoisotopic (exact) mass is 496 g/mol. The molecule has 0 bridgehead atoms. The van der Waals surface area contributed by atoms with Gasteiger partial charge in [-0.2, -0.15) is 0 Å². The molecule has 0 fully saturated rings. The molecule has 0 aliphatic heterocycles. The number of aldehydes is 1. The summed E-state index contributed by atoms with van der Waals surface area (Å²) in [5, 5.41) is 22.2. The molecule has 1 aromatic heterocycles. The van der Waals surface area contributed by atoms with Crippen LogP contribution in [0.2, 0.25) is 5.02 Å². The number of phenolic OH excluding ortho intramolecular Hbond substituents is 1. The molecule has 0 saturated heterocycles. The second-order valence-electron chi connectivity index (χ2n) is 7.46. The number of amides is 2. The first kappa shape index (κ1) is 25.4. The molecule has 10 nitrogen and oxygen atoms in total. The first-order valence-corrected chi connectivity index (χ1v) is 11.2. The minimum Gasteiger partial charge on any atom is -0.507 e. The van der Waals surface area contributed by atoms with Crippen molar-refractivity contribution < 1.29 is 19.5 Å². The Labute approximate surface area is 207 Å². The lowest BCUT2D eigenvalue weighted by Crippen LogP contribution is -2.29. The maximum atomic E-state index is 12.4. The normalized spacial score (nSPS) is 10.3. The van der Waals surface area contributed by atoms with Gasteiger partial charge >= 0.3 is 0 Å². The van der Waals surface area contributed by atoms with Gasteiger partial charge < -0.3 is 26.4 Å². The molecule has 35 heavy (non-hydrogen) atoms. The van der Waals surface area contributed by atoms with Gasteiger partial charge in [0, 0.05) is 55.3 Å². The molecule has 0 aliphatic carbocycles. The summed E-state index contributed by atoms with van der Waals surface area (Å²) in [5.41, 5.74) is 1.08. The lowest BCUT2D eigenvalue weighted by atomic mass is 10.1. The Morgan fingerprint density at radius 3 is 2.14 bits per heavy atom. The highest BCUT2D eigenvalue weighted by molar-refractivity contribution is 6.30. The zero-order valence-electron chi connectivity index (χ0n) is 19.0. The van der Waals surface area contributed by atoms with Gasteiger partial charge in [-0.25, -0.2) is 9.97 Å². The maximum Gasteiger partial charge on any atom is 0.255 e. The summed E-state index contributed by atoms with van der Waals surface area (Å²) in [6.07, 6.45) is 0.604. The van der Waals surface area contributed by atoms with Crippen molar-refractivity contribution >= 4 is 41.3 Å². The number of hydrogen-bond donors (Lipinski definition) is 5. The Bertz CT molecular complexity index is 1200. The number of aromatic nitrogens is 2. The quantitative estimate of drug-likeness (QED) is 0.201. The van der Waals surface area contributed by atoms with E-state index in [0.717, 1.165) is 5.56 Å². The van der Waals surface area contributed by atoms with E-state index < -0.39 is 5.91 Å². The highest BCUT2D eigenvalue weighted by atomic mass is 35.5. The number of carbonyl (C=O) groups excluding carboxylic acids is 3. The van der Waals surface area contributed by atoms with Crippen LogP contribution >= 0.6 is 11.6 Å². The molecule has 182 valence electrons. The van der Waals surface area contributed by atoms with Crippen LogP contribution in [0.15, 0.2) is 48.5 Å². The second kappa shape index (κ2) is 12.3. The molecule has 11 heteroatoms. The number of nitrogens with zero attached hydrogens (tertiary/aromatic N) is 2. The van der Waals surface area contributed by atoms with Crippen molar-refractivity contribution in [2.24, 2.45) is 0 Å². The van der Waals surface area contributed by atoms with E-state index in [1.54, 1.807) is 18.2 Å². The smallest absolute Gasteiger partial charge is 0.255 e. The van der Waals surface area contributed by atoms with Gasteiger partial charge in [-0.05, 0) is 42.5 Å². The standard InChI is InChI=1S/C24H25ClN6O4/c1-15(33)26-8-9-27-21-13-22(31-23(30-21)17-3-5-18(25)6-4-17)28-10-11-29-24(35)19-12-16(14-32)2-7-20(19)34/h2-7,12-14,34H,8-11H2,1H3,(H,26,33)(H,29,35)(H2,27,28,30,31). The number of carbonyl (C=O) groups is 3. The average Bonchev–Trinajstić information content (AvgIpc) is 2.85. The van der Waals surface area contributed by atoms with Gasteiger partial charge in [0.1, 0.15) is 23.7 Å². The number of aromatic hydroxyl groups is 1. The van der Waals surface area contributed by atoms with E-state index >= 15 is 0 Å². The molecule has 0 atom stereocenters. The molecular weight excluding hydrogens is 472 g/mol. The van der Waals surface area contributed by atoms with Crippen molar-refractivity contribution in [1.82, 2.24) is 20.6 Å². The topological polar surface area (TPSA) is 145 Å². The van der Waals surface area contributed by atoms with Crippen LogP contribution in [0.3, 0.4) is 0 Å². The molecule has 3 aromatic rings. The molecule has 3 rings (SSSR count). The number of hydrogen-bond acceptors (Lipinski definition) is 8. The van der Waals surface area contributed by atoms with E-state index in [2.05, 4.69) is 31.2 Å². The van der Waals surface area contributed by atoms with Crippen molar-refractivity contribution in [3.63, 3.8) is 0 Å². The summed E-state index contributed by atoms with van der Waals surface area (Å²) in [6.45, 7) is 2.92. The van der Waals surface area contributed by atoms with Crippen LogP contribution in [-0.2, 0) is 4.79 Å². The van der Waals surface area contributed by atoms with Crippen molar-refractivity contribution in [2.45, 2.75) is 6.92 Å². The van der Waals surface area contributed by atoms with Crippen LogP contribution in [0.4, 0.5) is 11.6 Å². The largest absolute Gasteiger partial charge is 0.507 e. The number of phenols is 1. The van der Waals surface area contributed by atoms with E-state index in [9.17, 15) is 19.5 Å². The summed E-state index contributed by atoms with van der Waals surface area (Å²) in [4.78, 5) is 43.4. The van der Waals surface area contributed by atoms with E-state index in [1.165, 1.54) is 25.1 Å². The number of nitrogens with one attached hydrogen (secondary N) is 4. The second-order valence-corrected chi connectivity index (χ2v) is 7.89. The Kier molecular flexibility index (Phi) is 8.96. The third kappa shape index (κ3) is 7.68. The minimum absolute atomic E-state index is 0.0207. The van der Waals surface area contributed by atoms with Gasteiger partial charge in [-0.3, -0.25) is 14.4 Å². The molecule has 0 unspecified atom stereocenters. The lowest BCUT2D eigenvalue weighted by Gasteiger charge is -2.12. The molecule has 0 saturated carbocycles. The van der Waals surface area contributed by atoms with Crippen molar-refractivity contribution in [3.8, 4) is 17.1 Å². The van der Waals surface area contributed by atoms with Crippen molar-refractivity contribution in [3.05, 3.63) is 64.7 Å². The molecule has 0 aliphatic rings. The Balaban J connectivity index is 1.65. The summed E-state index contributed by atoms with van der Waals surface area (Å²) >= 11 is 5.99. The maximum absolute atomic E-state index is 12.4. The number of benzene rings is 2. The van der Waals surface area contributed by atoms with Crippen molar-refractivity contribution in [1.29, 1.82) is 0 Å².